The monoisotopic (exact) mass is 313 g/mol. The Balaban J connectivity index is 1.71. The van der Waals surface area contributed by atoms with Crippen LogP contribution in [-0.2, 0) is 12.8 Å². The Labute approximate surface area is 129 Å². The molecule has 1 aliphatic heterocycles. The molecule has 112 valence electrons. The molecule has 2 amide bonds. The molecule has 1 fully saturated rings. The van der Waals surface area contributed by atoms with Gasteiger partial charge in [0, 0.05) is 42.4 Å². The summed E-state index contributed by atoms with van der Waals surface area (Å²) in [4.78, 5) is 18.6. The molecule has 20 heavy (non-hydrogen) atoms. The smallest absolute Gasteiger partial charge is 0.317 e. The predicted molar refractivity (Wildman–Crippen MR) is 86.7 cm³/mol. The summed E-state index contributed by atoms with van der Waals surface area (Å²) in [5.41, 5.74) is 1.09. The van der Waals surface area contributed by atoms with Gasteiger partial charge in [0.25, 0.3) is 0 Å². The molecule has 0 spiro atoms. The molecule has 0 aromatic carbocycles. The third-order valence-corrected chi connectivity index (χ3v) is 5.85. The van der Waals surface area contributed by atoms with Gasteiger partial charge in [0.05, 0.1) is 10.7 Å². The molecule has 0 bridgehead atoms. The van der Waals surface area contributed by atoms with Crippen LogP contribution in [0.4, 0.5) is 4.79 Å². The van der Waals surface area contributed by atoms with Crippen molar-refractivity contribution in [3.63, 3.8) is 0 Å². The van der Waals surface area contributed by atoms with E-state index in [4.69, 9.17) is 0 Å². The average molecular weight is 313 g/mol. The van der Waals surface area contributed by atoms with Gasteiger partial charge in [-0.05, 0) is 12.8 Å². The van der Waals surface area contributed by atoms with Crippen LogP contribution >= 0.6 is 23.1 Å². The van der Waals surface area contributed by atoms with Gasteiger partial charge in [0.1, 0.15) is 0 Å². The molecule has 1 aromatic heterocycles. The Morgan fingerprint density at radius 2 is 2.40 bits per heavy atom. The van der Waals surface area contributed by atoms with E-state index >= 15 is 0 Å². The van der Waals surface area contributed by atoms with Crippen LogP contribution in [-0.4, -0.2) is 46.6 Å². The molecular formula is C14H23N3OS2. The van der Waals surface area contributed by atoms with E-state index < -0.39 is 0 Å². The summed E-state index contributed by atoms with van der Waals surface area (Å²) in [7, 11) is 0. The van der Waals surface area contributed by atoms with Crippen LogP contribution in [0.3, 0.4) is 0 Å². The summed E-state index contributed by atoms with van der Waals surface area (Å²) in [6.45, 7) is 6.72. The van der Waals surface area contributed by atoms with Crippen molar-refractivity contribution >= 4 is 29.1 Å². The first-order chi connectivity index (χ1) is 9.72. The van der Waals surface area contributed by atoms with E-state index in [2.05, 4.69) is 29.5 Å². The van der Waals surface area contributed by atoms with Crippen LogP contribution in [0, 0.1) is 0 Å². The molecule has 2 heterocycles. The Hall–Kier alpha value is -0.750. The number of aryl methyl sites for hydroxylation is 1. The number of rotatable bonds is 5. The van der Waals surface area contributed by atoms with Crippen LogP contribution in [0.1, 0.15) is 31.0 Å². The summed E-state index contributed by atoms with van der Waals surface area (Å²) in [6, 6.07) is 0.0784. The zero-order valence-electron chi connectivity index (χ0n) is 12.2. The lowest BCUT2D eigenvalue weighted by atomic mass is 10.3. The fourth-order valence-electron chi connectivity index (χ4n) is 2.19. The van der Waals surface area contributed by atoms with Gasteiger partial charge in [-0.2, -0.15) is 11.8 Å². The maximum absolute atomic E-state index is 12.1. The van der Waals surface area contributed by atoms with E-state index in [-0.39, 0.29) is 6.03 Å². The van der Waals surface area contributed by atoms with Gasteiger partial charge in [-0.3, -0.25) is 0 Å². The average Bonchev–Trinajstić information content (AvgIpc) is 2.95. The number of thiazole rings is 1. The lowest BCUT2D eigenvalue weighted by molar-refractivity contribution is 0.199. The van der Waals surface area contributed by atoms with E-state index in [0.29, 0.717) is 11.8 Å². The minimum atomic E-state index is 0.0784. The number of carbonyl (C=O) groups excluding carboxylic acids is 1. The van der Waals surface area contributed by atoms with E-state index in [0.717, 1.165) is 43.8 Å². The molecule has 1 saturated heterocycles. The zero-order chi connectivity index (χ0) is 14.4. The van der Waals surface area contributed by atoms with Crippen molar-refractivity contribution in [3.05, 3.63) is 16.1 Å². The maximum atomic E-state index is 12.1. The molecule has 1 N–H and O–H groups in total. The van der Waals surface area contributed by atoms with Gasteiger partial charge in [0.2, 0.25) is 0 Å². The van der Waals surface area contributed by atoms with E-state index in [9.17, 15) is 4.79 Å². The highest BCUT2D eigenvalue weighted by Gasteiger charge is 2.22. The maximum Gasteiger partial charge on any atom is 0.317 e. The number of nitrogens with one attached hydrogen (secondary N) is 1. The van der Waals surface area contributed by atoms with Crippen LogP contribution in [0.5, 0.6) is 0 Å². The Morgan fingerprint density at radius 3 is 3.10 bits per heavy atom. The number of amides is 2. The van der Waals surface area contributed by atoms with Crippen LogP contribution in [0.2, 0.25) is 0 Å². The number of carbonyl (C=O) groups is 1. The summed E-state index contributed by atoms with van der Waals surface area (Å²) >= 11 is 3.68. The molecule has 0 radical (unpaired) electrons. The molecule has 0 saturated carbocycles. The van der Waals surface area contributed by atoms with Crippen molar-refractivity contribution < 1.29 is 4.79 Å². The van der Waals surface area contributed by atoms with E-state index in [1.165, 1.54) is 5.01 Å². The first kappa shape index (κ1) is 15.6. The fourth-order valence-corrected chi connectivity index (χ4v) is 4.15. The number of nitrogens with zero attached hydrogens (tertiary/aromatic N) is 2. The highest BCUT2D eigenvalue weighted by molar-refractivity contribution is 8.00. The first-order valence-corrected chi connectivity index (χ1v) is 9.23. The second-order valence-corrected chi connectivity index (χ2v) is 7.27. The van der Waals surface area contributed by atoms with Gasteiger partial charge >= 0.3 is 6.03 Å². The van der Waals surface area contributed by atoms with Gasteiger partial charge < -0.3 is 10.2 Å². The van der Waals surface area contributed by atoms with Crippen molar-refractivity contribution in [1.29, 1.82) is 0 Å². The van der Waals surface area contributed by atoms with Crippen molar-refractivity contribution in [3.8, 4) is 0 Å². The molecule has 2 rings (SSSR count). The van der Waals surface area contributed by atoms with Crippen LogP contribution in [0.25, 0.3) is 0 Å². The summed E-state index contributed by atoms with van der Waals surface area (Å²) in [5, 5.41) is 6.88. The SMILES string of the molecule is CCc1nc(CCNC(=O)N2CCS[C@@H](CC)C2)cs1. The topological polar surface area (TPSA) is 45.2 Å². The molecule has 1 aromatic rings. The number of urea groups is 1. The first-order valence-electron chi connectivity index (χ1n) is 7.30. The molecule has 0 aliphatic carbocycles. The summed E-state index contributed by atoms with van der Waals surface area (Å²) in [5.74, 6) is 1.05. The molecule has 6 heteroatoms. The minimum Gasteiger partial charge on any atom is -0.338 e. The number of hydrogen-bond donors (Lipinski definition) is 1. The van der Waals surface area contributed by atoms with Gasteiger partial charge in [-0.1, -0.05) is 13.8 Å². The number of aromatic nitrogens is 1. The second kappa shape index (κ2) is 7.88. The van der Waals surface area contributed by atoms with Crippen molar-refractivity contribution in [1.82, 2.24) is 15.2 Å². The highest BCUT2D eigenvalue weighted by atomic mass is 32.2. The largest absolute Gasteiger partial charge is 0.338 e. The van der Waals surface area contributed by atoms with Gasteiger partial charge in [-0.25, -0.2) is 9.78 Å². The highest BCUT2D eigenvalue weighted by Crippen LogP contribution is 2.20. The Morgan fingerprint density at radius 1 is 1.55 bits per heavy atom. The molecule has 4 nitrogen and oxygen atoms in total. The van der Waals surface area contributed by atoms with Crippen LogP contribution < -0.4 is 5.32 Å². The zero-order valence-corrected chi connectivity index (χ0v) is 13.9. The van der Waals surface area contributed by atoms with Gasteiger partial charge in [-0.15, -0.1) is 11.3 Å². The van der Waals surface area contributed by atoms with Gasteiger partial charge in [0.15, 0.2) is 0 Å². The van der Waals surface area contributed by atoms with Crippen LogP contribution in [0.15, 0.2) is 5.38 Å². The quantitative estimate of drug-likeness (QED) is 0.909. The summed E-state index contributed by atoms with van der Waals surface area (Å²) < 4.78 is 0. The fraction of sp³-hybridized carbons (Fsp3) is 0.714. The third kappa shape index (κ3) is 4.38. The standard InChI is InChI=1S/C14H23N3OS2/c1-3-12-9-17(7-8-19-12)14(18)15-6-5-11-10-20-13(4-2)16-11/h10,12H,3-9H2,1-2H3,(H,15,18)/t12-/m0/s1. The predicted octanol–water partition coefficient (Wildman–Crippen LogP) is 2.79. The lowest BCUT2D eigenvalue weighted by Crippen LogP contribution is -2.47. The molecule has 1 aliphatic rings. The molecule has 1 atom stereocenters. The van der Waals surface area contributed by atoms with E-state index in [1.807, 2.05) is 16.7 Å². The minimum absolute atomic E-state index is 0.0784. The third-order valence-electron chi connectivity index (χ3n) is 3.44. The normalized spacial score (nSPS) is 19.1. The Kier molecular flexibility index (Phi) is 6.16. The lowest BCUT2D eigenvalue weighted by Gasteiger charge is -2.31. The summed E-state index contributed by atoms with van der Waals surface area (Å²) in [6.07, 6.45) is 2.94. The van der Waals surface area contributed by atoms with Crippen molar-refractivity contribution in [2.75, 3.05) is 25.4 Å². The Bertz CT molecular complexity index is 436. The molecule has 0 unspecified atom stereocenters. The number of hydrogen-bond acceptors (Lipinski definition) is 4. The van der Waals surface area contributed by atoms with Crippen molar-refractivity contribution in [2.45, 2.75) is 38.4 Å². The molecular weight excluding hydrogens is 290 g/mol. The van der Waals surface area contributed by atoms with Crippen molar-refractivity contribution in [2.24, 2.45) is 0 Å². The number of thioether (sulfide) groups is 1. The second-order valence-electron chi connectivity index (χ2n) is 4.92. The van der Waals surface area contributed by atoms with E-state index in [1.54, 1.807) is 11.3 Å².